The Bertz CT molecular complexity index is 1200. The summed E-state index contributed by atoms with van der Waals surface area (Å²) < 4.78 is 6.29. The van der Waals surface area contributed by atoms with Gasteiger partial charge in [0, 0.05) is 23.5 Å². The summed E-state index contributed by atoms with van der Waals surface area (Å²) >= 11 is 6.23. The first kappa shape index (κ1) is 19.6. The number of hydrogen-bond donors (Lipinski definition) is 2. The monoisotopic (exact) mass is 424 g/mol. The topological polar surface area (TPSA) is 115 Å². The summed E-state index contributed by atoms with van der Waals surface area (Å²) in [4.78, 5) is 28.5. The second-order valence-corrected chi connectivity index (χ2v) is 6.94. The minimum absolute atomic E-state index is 0.192. The molecule has 0 aliphatic carbocycles. The highest BCUT2D eigenvalue weighted by Gasteiger charge is 2.25. The highest BCUT2D eigenvalue weighted by atomic mass is 35.5. The van der Waals surface area contributed by atoms with Gasteiger partial charge in [0.05, 0.1) is 23.4 Å². The number of methoxy groups -OCH3 is 1. The van der Waals surface area contributed by atoms with Crippen molar-refractivity contribution in [2.45, 2.75) is 12.5 Å². The number of tetrazole rings is 1. The van der Waals surface area contributed by atoms with Gasteiger partial charge in [-0.05, 0) is 40.3 Å². The van der Waals surface area contributed by atoms with Crippen LogP contribution in [-0.2, 0) is 16.0 Å². The molecule has 0 spiro atoms. The van der Waals surface area contributed by atoms with Gasteiger partial charge in [0.2, 0.25) is 0 Å². The number of fused-ring (bicyclic) bond motifs is 1. The first-order chi connectivity index (χ1) is 14.6. The van der Waals surface area contributed by atoms with Crippen LogP contribution < -0.4 is 5.32 Å². The maximum absolute atomic E-state index is 12.9. The Labute approximate surface area is 176 Å². The van der Waals surface area contributed by atoms with Crippen molar-refractivity contribution in [3.8, 4) is 5.69 Å². The number of halogens is 1. The molecule has 0 saturated heterocycles. The summed E-state index contributed by atoms with van der Waals surface area (Å²) in [5.41, 5.74) is 2.58. The molecule has 2 heterocycles. The van der Waals surface area contributed by atoms with Crippen LogP contribution in [0.1, 0.15) is 15.9 Å². The Morgan fingerprint density at radius 2 is 2.10 bits per heavy atom. The van der Waals surface area contributed by atoms with Crippen LogP contribution in [0.4, 0.5) is 0 Å². The fraction of sp³-hybridized carbons (Fsp3) is 0.150. The van der Waals surface area contributed by atoms with Gasteiger partial charge in [-0.3, -0.25) is 4.79 Å². The molecule has 0 aliphatic rings. The van der Waals surface area contributed by atoms with E-state index >= 15 is 0 Å². The molecular weight excluding hydrogens is 408 g/mol. The molecule has 30 heavy (non-hydrogen) atoms. The fourth-order valence-corrected chi connectivity index (χ4v) is 3.40. The molecule has 9 nitrogen and oxygen atoms in total. The first-order valence-corrected chi connectivity index (χ1v) is 9.41. The van der Waals surface area contributed by atoms with Crippen molar-refractivity contribution in [1.29, 1.82) is 0 Å². The van der Waals surface area contributed by atoms with Crippen LogP contribution in [0.25, 0.3) is 16.6 Å². The number of hydrogen-bond acceptors (Lipinski definition) is 6. The van der Waals surface area contributed by atoms with Crippen molar-refractivity contribution in [3.63, 3.8) is 0 Å². The van der Waals surface area contributed by atoms with Gasteiger partial charge >= 0.3 is 5.97 Å². The second kappa shape index (κ2) is 8.34. The van der Waals surface area contributed by atoms with Crippen LogP contribution in [0, 0.1) is 0 Å². The number of rotatable bonds is 6. The van der Waals surface area contributed by atoms with E-state index in [2.05, 4.69) is 25.8 Å². The molecule has 0 radical (unpaired) electrons. The number of nitrogens with one attached hydrogen (secondary N) is 2. The van der Waals surface area contributed by atoms with Crippen LogP contribution in [0.3, 0.4) is 0 Å². The minimum atomic E-state index is -0.894. The zero-order chi connectivity index (χ0) is 21.1. The summed E-state index contributed by atoms with van der Waals surface area (Å²) in [6.07, 6.45) is 3.48. The minimum Gasteiger partial charge on any atom is -0.467 e. The van der Waals surface area contributed by atoms with Gasteiger partial charge in [-0.2, -0.15) is 0 Å². The molecular formula is C20H17ClN6O3. The zero-order valence-electron chi connectivity index (χ0n) is 15.9. The van der Waals surface area contributed by atoms with Crippen LogP contribution >= 0.6 is 11.6 Å². The molecule has 2 aromatic heterocycles. The first-order valence-electron chi connectivity index (χ1n) is 9.03. The van der Waals surface area contributed by atoms with Crippen LogP contribution in [0.2, 0.25) is 5.02 Å². The lowest BCUT2D eigenvalue weighted by Gasteiger charge is -2.17. The number of carbonyl (C=O) groups excluding carboxylic acids is 2. The van der Waals surface area contributed by atoms with Crippen molar-refractivity contribution < 1.29 is 14.3 Å². The zero-order valence-corrected chi connectivity index (χ0v) is 16.6. The summed E-state index contributed by atoms with van der Waals surface area (Å²) in [6.45, 7) is 0. The maximum atomic E-state index is 12.9. The smallest absolute Gasteiger partial charge is 0.328 e. The molecule has 1 amide bonds. The van der Waals surface area contributed by atoms with Gasteiger partial charge in [0.25, 0.3) is 5.91 Å². The lowest BCUT2D eigenvalue weighted by Crippen LogP contribution is -2.43. The van der Waals surface area contributed by atoms with Gasteiger partial charge in [-0.1, -0.05) is 29.8 Å². The van der Waals surface area contributed by atoms with E-state index in [0.717, 1.165) is 16.5 Å². The van der Waals surface area contributed by atoms with Gasteiger partial charge in [-0.15, -0.1) is 5.10 Å². The number of carbonyl (C=O) groups is 2. The highest BCUT2D eigenvalue weighted by molar-refractivity contribution is 6.34. The SMILES string of the molecule is COC(=O)[C@@H](Cc1c[nH]c2ccccc12)NC(=O)c1cc(-n2cnnn2)ccc1Cl. The molecule has 2 N–H and O–H groups in total. The van der Waals surface area contributed by atoms with Crippen LogP contribution in [-0.4, -0.2) is 50.2 Å². The van der Waals surface area contributed by atoms with Crippen molar-refractivity contribution in [2.24, 2.45) is 0 Å². The quantitative estimate of drug-likeness (QED) is 0.459. The lowest BCUT2D eigenvalue weighted by molar-refractivity contribution is -0.142. The summed E-state index contributed by atoms with van der Waals surface area (Å²) in [7, 11) is 1.28. The average Bonchev–Trinajstić information content (AvgIpc) is 3.43. The number of aromatic amines is 1. The predicted octanol–water partition coefficient (Wildman–Crippen LogP) is 2.31. The molecule has 4 aromatic rings. The normalized spacial score (nSPS) is 11.9. The van der Waals surface area contributed by atoms with Crippen molar-refractivity contribution >= 4 is 34.4 Å². The van der Waals surface area contributed by atoms with E-state index in [9.17, 15) is 9.59 Å². The second-order valence-electron chi connectivity index (χ2n) is 6.53. The molecule has 0 fully saturated rings. The molecule has 1 atom stereocenters. The van der Waals surface area contributed by atoms with Gasteiger partial charge in [0.1, 0.15) is 12.4 Å². The van der Waals surface area contributed by atoms with Gasteiger partial charge in [-0.25, -0.2) is 9.48 Å². The third-order valence-electron chi connectivity index (χ3n) is 4.70. The van der Waals surface area contributed by atoms with E-state index < -0.39 is 17.9 Å². The molecule has 152 valence electrons. The Kier molecular flexibility index (Phi) is 5.44. The van der Waals surface area contributed by atoms with Crippen LogP contribution in [0.15, 0.2) is 55.0 Å². The number of para-hydroxylation sites is 1. The van der Waals surface area contributed by atoms with E-state index in [1.54, 1.807) is 18.2 Å². The summed E-state index contributed by atoms with van der Waals surface area (Å²) in [5.74, 6) is -1.06. The third kappa shape index (κ3) is 3.87. The highest BCUT2D eigenvalue weighted by Crippen LogP contribution is 2.22. The lowest BCUT2D eigenvalue weighted by atomic mass is 10.0. The number of nitrogens with zero attached hydrogens (tertiary/aromatic N) is 4. The molecule has 0 aliphatic heterocycles. The standard InChI is InChI=1S/C20H17ClN6O3/c1-30-20(29)18(8-12-10-22-17-5-3-2-4-14(12)17)24-19(28)15-9-13(6-7-16(15)21)27-11-23-25-26-27/h2-7,9-11,18,22H,8H2,1H3,(H,24,28)/t18-/m1/s1. The Morgan fingerprint density at radius 3 is 2.87 bits per heavy atom. The molecule has 0 saturated carbocycles. The van der Waals surface area contributed by atoms with Crippen molar-refractivity contribution in [2.75, 3.05) is 7.11 Å². The van der Waals surface area contributed by atoms with E-state index in [1.165, 1.54) is 18.1 Å². The molecule has 0 unspecified atom stereocenters. The number of ether oxygens (including phenoxy) is 1. The Hall–Kier alpha value is -3.72. The third-order valence-corrected chi connectivity index (χ3v) is 5.03. The van der Waals surface area contributed by atoms with E-state index in [0.29, 0.717) is 5.69 Å². The maximum Gasteiger partial charge on any atom is 0.328 e. The molecule has 4 rings (SSSR count). The predicted molar refractivity (Wildman–Crippen MR) is 109 cm³/mol. The molecule has 10 heteroatoms. The van der Waals surface area contributed by atoms with Crippen molar-refractivity contribution in [1.82, 2.24) is 30.5 Å². The Morgan fingerprint density at radius 1 is 1.27 bits per heavy atom. The fourth-order valence-electron chi connectivity index (χ4n) is 3.20. The number of aromatic nitrogens is 5. The van der Waals surface area contributed by atoms with Crippen LogP contribution in [0.5, 0.6) is 0 Å². The van der Waals surface area contributed by atoms with E-state index in [1.807, 2.05) is 30.5 Å². The summed E-state index contributed by atoms with van der Waals surface area (Å²) in [6, 6.07) is 11.6. The van der Waals surface area contributed by atoms with Crippen molar-refractivity contribution in [3.05, 3.63) is 71.1 Å². The largest absolute Gasteiger partial charge is 0.467 e. The number of esters is 1. The molecule has 0 bridgehead atoms. The van der Waals surface area contributed by atoms with Gasteiger partial charge in [0.15, 0.2) is 0 Å². The van der Waals surface area contributed by atoms with E-state index in [-0.39, 0.29) is 17.0 Å². The molecule has 2 aromatic carbocycles. The summed E-state index contributed by atoms with van der Waals surface area (Å²) in [5, 5.41) is 14.9. The van der Waals surface area contributed by atoms with Gasteiger partial charge < -0.3 is 15.0 Å². The average molecular weight is 425 g/mol. The number of benzene rings is 2. The number of H-pyrrole nitrogens is 1. The van der Waals surface area contributed by atoms with E-state index in [4.69, 9.17) is 16.3 Å². The Balaban J connectivity index is 1.60. The number of amides is 1.